The number of benzene rings is 2. The van der Waals surface area contributed by atoms with Gasteiger partial charge in [0.2, 0.25) is 5.91 Å². The van der Waals surface area contributed by atoms with E-state index in [4.69, 9.17) is 23.2 Å². The average Bonchev–Trinajstić information content (AvgIpc) is 2.98. The van der Waals surface area contributed by atoms with Crippen LogP contribution in [0.1, 0.15) is 36.8 Å². The van der Waals surface area contributed by atoms with Crippen LogP contribution in [0.2, 0.25) is 10.0 Å². The third kappa shape index (κ3) is 4.70. The number of unbranched alkanes of at least 4 members (excludes halogenated alkanes) is 2. The molecular weight excluding hydrogens is 437 g/mol. The van der Waals surface area contributed by atoms with Gasteiger partial charge in [-0.05, 0) is 42.2 Å². The van der Waals surface area contributed by atoms with E-state index in [1.54, 1.807) is 23.1 Å². The maximum Gasteiger partial charge on any atom is 0.327 e. The molecule has 0 saturated carbocycles. The van der Waals surface area contributed by atoms with E-state index in [0.29, 0.717) is 54.5 Å². The van der Waals surface area contributed by atoms with Gasteiger partial charge in [0.15, 0.2) is 0 Å². The van der Waals surface area contributed by atoms with Crippen LogP contribution in [0.3, 0.4) is 0 Å². The van der Waals surface area contributed by atoms with Crippen molar-refractivity contribution in [1.82, 2.24) is 9.80 Å². The minimum atomic E-state index is -0.389. The standard InChI is InChI=1S/C23H23Cl2N3O3/c24-18-10-9-17(13-19(18)25)26-21(29)8-2-1-5-11-27-22(30)20-12-15-6-3-4-7-16(15)14-28(20)23(27)31/h3-4,6-7,9-10,13,20H,1-2,5,8,11-12,14H2,(H,26,29). The minimum absolute atomic E-state index is 0.110. The Morgan fingerprint density at radius 3 is 2.55 bits per heavy atom. The summed E-state index contributed by atoms with van der Waals surface area (Å²) in [5.41, 5.74) is 2.85. The minimum Gasteiger partial charge on any atom is -0.326 e. The van der Waals surface area contributed by atoms with Crippen LogP contribution < -0.4 is 5.32 Å². The van der Waals surface area contributed by atoms with E-state index in [9.17, 15) is 14.4 Å². The molecule has 31 heavy (non-hydrogen) atoms. The number of carbonyl (C=O) groups excluding carboxylic acids is 3. The first kappa shape index (κ1) is 21.7. The van der Waals surface area contributed by atoms with Crippen LogP contribution in [0, 0.1) is 0 Å². The summed E-state index contributed by atoms with van der Waals surface area (Å²) in [6.07, 6.45) is 3.02. The smallest absolute Gasteiger partial charge is 0.326 e. The van der Waals surface area contributed by atoms with Gasteiger partial charge in [0.05, 0.1) is 10.0 Å². The van der Waals surface area contributed by atoms with Crippen molar-refractivity contribution in [2.75, 3.05) is 11.9 Å². The number of anilines is 1. The lowest BCUT2D eigenvalue weighted by molar-refractivity contribution is -0.128. The molecule has 4 rings (SSSR count). The fraction of sp³-hybridized carbons (Fsp3) is 0.348. The van der Waals surface area contributed by atoms with Crippen LogP contribution in [-0.2, 0) is 22.6 Å². The maximum absolute atomic E-state index is 12.8. The molecule has 8 heteroatoms. The van der Waals surface area contributed by atoms with Crippen molar-refractivity contribution in [2.24, 2.45) is 0 Å². The van der Waals surface area contributed by atoms with Gasteiger partial charge in [0.25, 0.3) is 5.91 Å². The van der Waals surface area contributed by atoms with E-state index < -0.39 is 0 Å². The highest BCUT2D eigenvalue weighted by molar-refractivity contribution is 6.42. The predicted molar refractivity (Wildman–Crippen MR) is 120 cm³/mol. The van der Waals surface area contributed by atoms with Crippen molar-refractivity contribution >= 4 is 46.7 Å². The van der Waals surface area contributed by atoms with Gasteiger partial charge in [-0.2, -0.15) is 0 Å². The van der Waals surface area contributed by atoms with Crippen LogP contribution in [0.5, 0.6) is 0 Å². The quantitative estimate of drug-likeness (QED) is 0.473. The van der Waals surface area contributed by atoms with Crippen LogP contribution in [0.4, 0.5) is 10.5 Å². The Morgan fingerprint density at radius 2 is 1.77 bits per heavy atom. The van der Waals surface area contributed by atoms with Crippen molar-refractivity contribution < 1.29 is 14.4 Å². The van der Waals surface area contributed by atoms with Gasteiger partial charge in [0, 0.05) is 31.6 Å². The molecule has 0 radical (unpaired) electrons. The van der Waals surface area contributed by atoms with Crippen molar-refractivity contribution in [2.45, 2.75) is 44.7 Å². The summed E-state index contributed by atoms with van der Waals surface area (Å²) in [4.78, 5) is 40.6. The largest absolute Gasteiger partial charge is 0.327 e. The first-order valence-electron chi connectivity index (χ1n) is 10.4. The molecule has 1 unspecified atom stereocenters. The zero-order valence-electron chi connectivity index (χ0n) is 16.9. The van der Waals surface area contributed by atoms with Crippen LogP contribution in [0.15, 0.2) is 42.5 Å². The summed E-state index contributed by atoms with van der Waals surface area (Å²) in [6.45, 7) is 0.867. The maximum atomic E-state index is 12.8. The van der Waals surface area contributed by atoms with Crippen molar-refractivity contribution in [1.29, 1.82) is 0 Å². The second-order valence-corrected chi connectivity index (χ2v) is 8.69. The summed E-state index contributed by atoms with van der Waals surface area (Å²) in [5.74, 6) is -0.224. The number of fused-ring (bicyclic) bond motifs is 2. The molecule has 2 aromatic carbocycles. The molecule has 0 bridgehead atoms. The molecule has 1 saturated heterocycles. The SMILES string of the molecule is O=C(CCCCCN1C(=O)C2Cc3ccccc3CN2C1=O)Nc1ccc(Cl)c(Cl)c1. The number of nitrogens with one attached hydrogen (secondary N) is 1. The zero-order valence-corrected chi connectivity index (χ0v) is 18.5. The molecule has 0 aliphatic carbocycles. The summed E-state index contributed by atoms with van der Waals surface area (Å²) < 4.78 is 0. The second-order valence-electron chi connectivity index (χ2n) is 7.88. The van der Waals surface area contributed by atoms with Crippen LogP contribution >= 0.6 is 23.2 Å². The molecule has 0 aromatic heterocycles. The molecule has 1 atom stereocenters. The van der Waals surface area contributed by atoms with Gasteiger partial charge >= 0.3 is 6.03 Å². The van der Waals surface area contributed by atoms with E-state index in [0.717, 1.165) is 17.5 Å². The summed E-state index contributed by atoms with van der Waals surface area (Å²) in [5, 5.41) is 3.61. The van der Waals surface area contributed by atoms with Gasteiger partial charge in [-0.15, -0.1) is 0 Å². The Labute approximate surface area is 191 Å². The lowest BCUT2D eigenvalue weighted by Crippen LogP contribution is -2.39. The fourth-order valence-corrected chi connectivity index (χ4v) is 4.41. The number of hydrogen-bond donors (Lipinski definition) is 1. The Morgan fingerprint density at radius 1 is 1.00 bits per heavy atom. The molecule has 162 valence electrons. The first-order chi connectivity index (χ1) is 14.9. The Kier molecular flexibility index (Phi) is 6.49. The summed E-state index contributed by atoms with van der Waals surface area (Å²) >= 11 is 11.8. The van der Waals surface area contributed by atoms with Gasteiger partial charge in [-0.1, -0.05) is 53.9 Å². The normalized spacial score (nSPS) is 17.5. The first-order valence-corrected chi connectivity index (χ1v) is 11.1. The number of hydrogen-bond acceptors (Lipinski definition) is 3. The summed E-state index contributed by atoms with van der Waals surface area (Å²) in [7, 11) is 0. The van der Waals surface area contributed by atoms with Crippen LogP contribution in [0.25, 0.3) is 0 Å². The third-order valence-electron chi connectivity index (χ3n) is 5.77. The second kappa shape index (κ2) is 9.28. The van der Waals surface area contributed by atoms with Crippen molar-refractivity contribution in [3.05, 3.63) is 63.6 Å². The van der Waals surface area contributed by atoms with Gasteiger partial charge in [-0.25, -0.2) is 4.79 Å². The Bertz CT molecular complexity index is 984. The molecule has 2 aromatic rings. The zero-order chi connectivity index (χ0) is 22.0. The number of nitrogens with zero attached hydrogens (tertiary/aromatic N) is 2. The molecule has 2 aliphatic heterocycles. The number of imide groups is 1. The van der Waals surface area contributed by atoms with E-state index >= 15 is 0 Å². The lowest BCUT2D eigenvalue weighted by Gasteiger charge is -2.28. The van der Waals surface area contributed by atoms with E-state index in [1.807, 2.05) is 24.3 Å². The number of halogens is 2. The highest BCUT2D eigenvalue weighted by atomic mass is 35.5. The highest BCUT2D eigenvalue weighted by Gasteiger charge is 2.46. The number of amides is 4. The predicted octanol–water partition coefficient (Wildman–Crippen LogP) is 4.88. The fourth-order valence-electron chi connectivity index (χ4n) is 4.11. The highest BCUT2D eigenvalue weighted by Crippen LogP contribution is 2.30. The van der Waals surface area contributed by atoms with Gasteiger partial charge in [0.1, 0.15) is 6.04 Å². The van der Waals surface area contributed by atoms with E-state index in [1.165, 1.54) is 4.90 Å². The molecule has 1 N–H and O–H groups in total. The molecular formula is C23H23Cl2N3O3. The van der Waals surface area contributed by atoms with Gasteiger partial charge in [-0.3, -0.25) is 14.5 Å². The Balaban J connectivity index is 1.21. The topological polar surface area (TPSA) is 69.7 Å². The molecule has 0 spiro atoms. The third-order valence-corrected chi connectivity index (χ3v) is 6.50. The summed E-state index contributed by atoms with van der Waals surface area (Å²) in [6, 6.07) is 12.3. The van der Waals surface area contributed by atoms with E-state index in [2.05, 4.69) is 5.32 Å². The number of carbonyl (C=O) groups is 3. The molecule has 2 aliphatic rings. The molecule has 1 fully saturated rings. The molecule has 6 nitrogen and oxygen atoms in total. The lowest BCUT2D eigenvalue weighted by atomic mass is 9.95. The number of rotatable bonds is 7. The molecule has 4 amide bonds. The van der Waals surface area contributed by atoms with Crippen LogP contribution in [-0.4, -0.2) is 40.2 Å². The van der Waals surface area contributed by atoms with Crippen molar-refractivity contribution in [3.8, 4) is 0 Å². The Hall–Kier alpha value is -2.57. The van der Waals surface area contributed by atoms with E-state index in [-0.39, 0.29) is 23.9 Å². The number of urea groups is 1. The van der Waals surface area contributed by atoms with Gasteiger partial charge < -0.3 is 10.2 Å². The molecule has 2 heterocycles. The monoisotopic (exact) mass is 459 g/mol. The average molecular weight is 460 g/mol. The van der Waals surface area contributed by atoms with Crippen molar-refractivity contribution in [3.63, 3.8) is 0 Å².